The first kappa shape index (κ1) is 29.7. The first-order valence-corrected chi connectivity index (χ1v) is 14.6. The molecule has 1 saturated heterocycles. The Bertz CT molecular complexity index is 1260. The number of primary amides is 1. The first-order chi connectivity index (χ1) is 20.2. The van der Waals surface area contributed by atoms with Gasteiger partial charge in [-0.2, -0.15) is 10.2 Å². The van der Waals surface area contributed by atoms with Crippen molar-refractivity contribution in [3.63, 3.8) is 0 Å². The number of nitriles is 1. The molecule has 1 aliphatic heterocycles. The predicted octanol–water partition coefficient (Wildman–Crippen LogP) is 4.60. The molecule has 0 spiro atoms. The third-order valence-electron chi connectivity index (χ3n) is 8.78. The number of alkyl halides is 3. The van der Waals surface area contributed by atoms with Gasteiger partial charge in [0.15, 0.2) is 0 Å². The molecule has 13 heteroatoms. The number of benzene rings is 1. The summed E-state index contributed by atoms with van der Waals surface area (Å²) in [7, 11) is 0. The highest BCUT2D eigenvalue weighted by atomic mass is 19.4. The van der Waals surface area contributed by atoms with Crippen LogP contribution >= 0.6 is 0 Å². The van der Waals surface area contributed by atoms with E-state index in [9.17, 15) is 23.2 Å². The van der Waals surface area contributed by atoms with Crippen LogP contribution in [-0.4, -0.2) is 59.0 Å². The van der Waals surface area contributed by atoms with Gasteiger partial charge in [-0.1, -0.05) is 24.6 Å². The van der Waals surface area contributed by atoms with E-state index in [1.807, 2.05) is 0 Å². The molecule has 2 amide bonds. The van der Waals surface area contributed by atoms with Crippen molar-refractivity contribution in [3.05, 3.63) is 41.6 Å². The van der Waals surface area contributed by atoms with E-state index in [2.05, 4.69) is 36.7 Å². The molecule has 1 unspecified atom stereocenters. The van der Waals surface area contributed by atoms with Gasteiger partial charge in [0.2, 0.25) is 5.95 Å². The minimum absolute atomic E-state index is 0.0134. The summed E-state index contributed by atoms with van der Waals surface area (Å²) in [6.45, 7) is 2.09. The fourth-order valence-corrected chi connectivity index (χ4v) is 6.82. The zero-order valence-electron chi connectivity index (χ0n) is 23.4. The molecule has 3 fully saturated rings. The number of carbonyl (C=O) groups excluding carboxylic acids is 1. The number of likely N-dealkylation sites (tertiary alicyclic amines) is 1. The number of hydrogen-bond donors (Lipinski definition) is 4. The van der Waals surface area contributed by atoms with E-state index in [-0.39, 0.29) is 24.3 Å². The van der Waals surface area contributed by atoms with E-state index in [4.69, 9.17) is 5.73 Å². The lowest BCUT2D eigenvalue weighted by Gasteiger charge is -2.48. The van der Waals surface area contributed by atoms with Crippen LogP contribution in [0.2, 0.25) is 0 Å². The fourth-order valence-electron chi connectivity index (χ4n) is 6.82. The van der Waals surface area contributed by atoms with Gasteiger partial charge in [-0.3, -0.25) is 0 Å². The summed E-state index contributed by atoms with van der Waals surface area (Å²) in [5, 5.41) is 19.9. The largest absolute Gasteiger partial charge is 0.573 e. The van der Waals surface area contributed by atoms with Crippen LogP contribution in [0, 0.1) is 29.1 Å². The molecule has 1 aromatic heterocycles. The number of para-hydroxylation sites is 1. The molecule has 226 valence electrons. The minimum Gasteiger partial charge on any atom is -0.405 e. The van der Waals surface area contributed by atoms with Crippen LogP contribution in [0.25, 0.3) is 0 Å². The van der Waals surface area contributed by atoms with E-state index in [1.54, 1.807) is 11.0 Å². The standard InChI is InChI=1S/C29H37F3N8O2/c30-29(31,32)42-24-7-2-1-4-21(24)16-36-28-37-17-22(14-33)26(39-28)35-15-18-12-19-5-3-6-20(13-18)25(19)38-23-8-10-40(11-9-23)27(34)41/h1-2,4,7,17-20,23,25,38H,3,5-6,8-13,15-16H2,(H2,34,41)(H2,35,36,37,39)/t18?,19-,20+,25-. The monoisotopic (exact) mass is 586 g/mol. The number of rotatable bonds is 9. The third-order valence-corrected chi connectivity index (χ3v) is 8.78. The maximum Gasteiger partial charge on any atom is 0.573 e. The number of halogens is 3. The Labute approximate surface area is 243 Å². The topological polar surface area (TPSA) is 141 Å². The summed E-state index contributed by atoms with van der Waals surface area (Å²) >= 11 is 0. The van der Waals surface area contributed by atoms with Gasteiger partial charge in [-0.15, -0.1) is 13.2 Å². The van der Waals surface area contributed by atoms with Crippen LogP contribution in [-0.2, 0) is 6.54 Å². The Morgan fingerprint density at radius 3 is 2.50 bits per heavy atom. The number of anilines is 2. The van der Waals surface area contributed by atoms with Crippen LogP contribution in [0.15, 0.2) is 30.5 Å². The number of ether oxygens (including phenoxy) is 1. The van der Waals surface area contributed by atoms with Crippen molar-refractivity contribution >= 4 is 17.8 Å². The van der Waals surface area contributed by atoms with Gasteiger partial charge >= 0.3 is 12.4 Å². The van der Waals surface area contributed by atoms with Gasteiger partial charge in [-0.25, -0.2) is 9.78 Å². The lowest BCUT2D eigenvalue weighted by atomic mass is 9.64. The van der Waals surface area contributed by atoms with Gasteiger partial charge in [-0.05, 0) is 62.3 Å². The quantitative estimate of drug-likeness (QED) is 0.334. The molecule has 42 heavy (non-hydrogen) atoms. The Hall–Kier alpha value is -3.79. The van der Waals surface area contributed by atoms with Crippen LogP contribution < -0.4 is 26.4 Å². The Morgan fingerprint density at radius 2 is 1.83 bits per heavy atom. The SMILES string of the molecule is N#Cc1cnc(NCc2ccccc2OC(F)(F)F)nc1NCC1C[C@H]2CCC[C@@H](C1)[C@@H]2NC1CCN(C(N)=O)CC1. The average Bonchev–Trinajstić information content (AvgIpc) is 2.95. The lowest BCUT2D eigenvalue weighted by molar-refractivity contribution is -0.274. The van der Waals surface area contributed by atoms with Gasteiger partial charge in [0, 0.05) is 43.8 Å². The molecular formula is C29H37F3N8O2. The lowest BCUT2D eigenvalue weighted by Crippen LogP contribution is -2.55. The number of aromatic nitrogens is 2. The van der Waals surface area contributed by atoms with Crippen LogP contribution in [0.5, 0.6) is 5.75 Å². The van der Waals surface area contributed by atoms with Crippen molar-refractivity contribution in [1.29, 1.82) is 5.26 Å². The molecule has 5 rings (SSSR count). The average molecular weight is 587 g/mol. The summed E-state index contributed by atoms with van der Waals surface area (Å²) < 4.78 is 42.4. The highest BCUT2D eigenvalue weighted by molar-refractivity contribution is 5.72. The number of amides is 2. The summed E-state index contributed by atoms with van der Waals surface area (Å²) in [4.78, 5) is 21.8. The summed E-state index contributed by atoms with van der Waals surface area (Å²) in [6, 6.07) is 8.54. The molecule has 2 bridgehead atoms. The number of hydrogen-bond acceptors (Lipinski definition) is 8. The van der Waals surface area contributed by atoms with Crippen LogP contribution in [0.1, 0.15) is 56.1 Å². The number of nitrogens with zero attached hydrogens (tertiary/aromatic N) is 4. The van der Waals surface area contributed by atoms with Gasteiger partial charge < -0.3 is 31.3 Å². The summed E-state index contributed by atoms with van der Waals surface area (Å²) in [5.41, 5.74) is 6.04. The highest BCUT2D eigenvalue weighted by Gasteiger charge is 2.41. The van der Waals surface area contributed by atoms with Crippen molar-refractivity contribution in [2.45, 2.75) is 69.9 Å². The van der Waals surface area contributed by atoms with Crippen molar-refractivity contribution < 1.29 is 22.7 Å². The second-order valence-corrected chi connectivity index (χ2v) is 11.5. The van der Waals surface area contributed by atoms with Crippen molar-refractivity contribution in [1.82, 2.24) is 20.2 Å². The van der Waals surface area contributed by atoms with Crippen molar-refractivity contribution in [3.8, 4) is 11.8 Å². The van der Waals surface area contributed by atoms with E-state index >= 15 is 0 Å². The number of urea groups is 1. The Morgan fingerprint density at radius 1 is 1.12 bits per heavy atom. The molecule has 0 radical (unpaired) electrons. The molecule has 10 nitrogen and oxygen atoms in total. The molecule has 3 aliphatic rings. The summed E-state index contributed by atoms with van der Waals surface area (Å²) in [6.07, 6.45) is 4.24. The predicted molar refractivity (Wildman–Crippen MR) is 150 cm³/mol. The number of piperidine rings is 1. The molecule has 2 heterocycles. The van der Waals surface area contributed by atoms with E-state index in [1.165, 1.54) is 43.7 Å². The van der Waals surface area contributed by atoms with Crippen molar-refractivity contribution in [2.24, 2.45) is 23.5 Å². The molecule has 2 aromatic rings. The van der Waals surface area contributed by atoms with E-state index < -0.39 is 6.36 Å². The smallest absolute Gasteiger partial charge is 0.405 e. The number of nitrogens with two attached hydrogens (primary N) is 1. The van der Waals surface area contributed by atoms with Gasteiger partial charge in [0.05, 0.1) is 6.20 Å². The van der Waals surface area contributed by atoms with E-state index in [0.29, 0.717) is 66.4 Å². The Balaban J connectivity index is 1.17. The van der Waals surface area contributed by atoms with Gasteiger partial charge in [0.25, 0.3) is 0 Å². The number of nitrogens with one attached hydrogen (secondary N) is 3. The number of fused-ring (bicyclic) bond motifs is 2. The highest BCUT2D eigenvalue weighted by Crippen LogP contribution is 2.43. The van der Waals surface area contributed by atoms with Crippen LogP contribution in [0.4, 0.5) is 29.7 Å². The fraction of sp³-hybridized carbons (Fsp3) is 0.586. The molecule has 2 aliphatic carbocycles. The number of carbonyl (C=O) groups is 1. The van der Waals surface area contributed by atoms with Crippen molar-refractivity contribution in [2.75, 3.05) is 30.3 Å². The molecular weight excluding hydrogens is 549 g/mol. The second kappa shape index (κ2) is 13.0. The third kappa shape index (κ3) is 7.53. The normalized spacial score (nSPS) is 24.5. The maximum absolute atomic E-state index is 12.8. The molecule has 1 aromatic carbocycles. The molecule has 4 atom stereocenters. The molecule has 2 saturated carbocycles. The first-order valence-electron chi connectivity index (χ1n) is 14.6. The summed E-state index contributed by atoms with van der Waals surface area (Å²) in [5.74, 6) is 1.90. The zero-order chi connectivity index (χ0) is 29.7. The zero-order valence-corrected chi connectivity index (χ0v) is 23.4. The Kier molecular flexibility index (Phi) is 9.21. The maximum atomic E-state index is 12.8. The minimum atomic E-state index is -4.80. The van der Waals surface area contributed by atoms with Crippen LogP contribution in [0.3, 0.4) is 0 Å². The van der Waals surface area contributed by atoms with Gasteiger partial charge in [0.1, 0.15) is 23.2 Å². The van der Waals surface area contributed by atoms with E-state index in [0.717, 1.165) is 25.7 Å². The second-order valence-electron chi connectivity index (χ2n) is 11.5. The molecule has 5 N–H and O–H groups in total.